The van der Waals surface area contributed by atoms with Gasteiger partial charge >= 0.3 is 11.9 Å². The van der Waals surface area contributed by atoms with E-state index in [1.54, 1.807) is 13.8 Å². The van der Waals surface area contributed by atoms with Crippen molar-refractivity contribution in [3.63, 3.8) is 0 Å². The van der Waals surface area contributed by atoms with Crippen molar-refractivity contribution in [3.8, 4) is 0 Å². The molecule has 8 nitrogen and oxygen atoms in total. The molecule has 1 aliphatic rings. The summed E-state index contributed by atoms with van der Waals surface area (Å²) >= 11 is 0. The molecular weight excluding hydrogens is 328 g/mol. The smallest absolute Gasteiger partial charge is 0.312 e. The fourth-order valence-corrected chi connectivity index (χ4v) is 2.99. The van der Waals surface area contributed by atoms with E-state index >= 15 is 0 Å². The van der Waals surface area contributed by atoms with Gasteiger partial charge in [0.25, 0.3) is 0 Å². The fraction of sp³-hybridized carbons (Fsp3) is 0.765. The van der Waals surface area contributed by atoms with E-state index in [1.165, 1.54) is 0 Å². The first-order valence-corrected chi connectivity index (χ1v) is 8.82. The lowest BCUT2D eigenvalue weighted by atomic mass is 9.87. The number of carbonyl (C=O) groups excluding carboxylic acids is 4. The monoisotopic (exact) mass is 356 g/mol. The Morgan fingerprint density at radius 3 is 2.16 bits per heavy atom. The van der Waals surface area contributed by atoms with Gasteiger partial charge < -0.3 is 20.5 Å². The fourth-order valence-electron chi connectivity index (χ4n) is 2.99. The third kappa shape index (κ3) is 6.72. The van der Waals surface area contributed by atoms with Gasteiger partial charge in [0.15, 0.2) is 0 Å². The molecule has 0 aromatic rings. The minimum atomic E-state index is -1.31. The van der Waals surface area contributed by atoms with Crippen LogP contribution in [-0.2, 0) is 28.7 Å². The van der Waals surface area contributed by atoms with Crippen LogP contribution in [0.5, 0.6) is 0 Å². The van der Waals surface area contributed by atoms with Crippen molar-refractivity contribution in [2.45, 2.75) is 58.4 Å². The molecule has 1 aliphatic carbocycles. The van der Waals surface area contributed by atoms with Gasteiger partial charge in [0.2, 0.25) is 11.8 Å². The predicted molar refractivity (Wildman–Crippen MR) is 89.1 cm³/mol. The van der Waals surface area contributed by atoms with Crippen LogP contribution in [0, 0.1) is 11.8 Å². The Labute approximate surface area is 147 Å². The van der Waals surface area contributed by atoms with Gasteiger partial charge in [-0.3, -0.25) is 19.2 Å². The second kappa shape index (κ2) is 10.7. The summed E-state index contributed by atoms with van der Waals surface area (Å²) in [6, 6.07) is -1.31. The molecule has 0 bridgehead atoms. The summed E-state index contributed by atoms with van der Waals surface area (Å²) < 4.78 is 9.78. The number of nitrogens with two attached hydrogens (primary N) is 1. The first-order chi connectivity index (χ1) is 11.9. The number of carbonyl (C=O) groups is 4. The minimum absolute atomic E-state index is 0.0835. The van der Waals surface area contributed by atoms with E-state index in [9.17, 15) is 19.2 Å². The second-order valence-electron chi connectivity index (χ2n) is 6.09. The molecule has 2 atom stereocenters. The maximum Gasteiger partial charge on any atom is 0.312 e. The van der Waals surface area contributed by atoms with Crippen molar-refractivity contribution in [1.29, 1.82) is 0 Å². The molecule has 8 heteroatoms. The highest BCUT2D eigenvalue weighted by Crippen LogP contribution is 2.24. The molecule has 0 heterocycles. The Kier molecular flexibility index (Phi) is 8.94. The van der Waals surface area contributed by atoms with E-state index in [1.807, 2.05) is 0 Å². The number of hydrogen-bond donors (Lipinski definition) is 2. The Morgan fingerprint density at radius 2 is 1.64 bits per heavy atom. The Hall–Kier alpha value is -2.12. The lowest BCUT2D eigenvalue weighted by Gasteiger charge is -2.27. The summed E-state index contributed by atoms with van der Waals surface area (Å²) in [6.45, 7) is 3.47. The maximum atomic E-state index is 12.4. The summed E-state index contributed by atoms with van der Waals surface area (Å²) in [6.07, 6.45) is 4.06. The number of rotatable bonds is 9. The first-order valence-electron chi connectivity index (χ1n) is 8.82. The first kappa shape index (κ1) is 20.9. The van der Waals surface area contributed by atoms with Gasteiger partial charge in [0.05, 0.1) is 25.6 Å². The summed E-state index contributed by atoms with van der Waals surface area (Å²) in [5, 5.41) is 2.55. The topological polar surface area (TPSA) is 125 Å². The maximum absolute atomic E-state index is 12.4. The van der Waals surface area contributed by atoms with E-state index in [0.717, 1.165) is 32.1 Å². The van der Waals surface area contributed by atoms with Crippen LogP contribution >= 0.6 is 0 Å². The van der Waals surface area contributed by atoms with Crippen molar-refractivity contribution in [1.82, 2.24) is 5.32 Å². The van der Waals surface area contributed by atoms with Crippen LogP contribution in [0.25, 0.3) is 0 Å². The van der Waals surface area contributed by atoms with Crippen molar-refractivity contribution < 1.29 is 28.7 Å². The van der Waals surface area contributed by atoms with Crippen LogP contribution in [0.2, 0.25) is 0 Å². The standard InChI is InChI=1S/C17H28N2O6/c1-3-24-13(20)10-12(17(23)25-4-2)14(15(18)21)19-16(22)11-8-6-5-7-9-11/h11-12,14H,3-10H2,1-2H3,(H2,18,21)(H,19,22)/t12-,14-/m0/s1. The zero-order valence-electron chi connectivity index (χ0n) is 14.9. The summed E-state index contributed by atoms with van der Waals surface area (Å²) in [5.74, 6) is -4.03. The number of nitrogens with one attached hydrogen (secondary N) is 1. The Morgan fingerprint density at radius 1 is 1.04 bits per heavy atom. The summed E-state index contributed by atoms with van der Waals surface area (Å²) in [4.78, 5) is 48.3. The third-order valence-electron chi connectivity index (χ3n) is 4.26. The third-order valence-corrected chi connectivity index (χ3v) is 4.26. The van der Waals surface area contributed by atoms with Gasteiger partial charge in [-0.1, -0.05) is 19.3 Å². The van der Waals surface area contributed by atoms with Gasteiger partial charge in [0, 0.05) is 5.92 Å². The SMILES string of the molecule is CCOC(=O)C[C@H](C(=O)OCC)[C@H](NC(=O)C1CCCCC1)C(N)=O. The molecule has 0 unspecified atom stereocenters. The molecule has 142 valence electrons. The molecule has 0 aliphatic heterocycles. The second-order valence-corrected chi connectivity index (χ2v) is 6.09. The Balaban J connectivity index is 2.89. The number of amides is 2. The summed E-state index contributed by atoms with van der Waals surface area (Å²) in [7, 11) is 0. The number of hydrogen-bond acceptors (Lipinski definition) is 6. The molecular formula is C17H28N2O6. The van der Waals surface area contributed by atoms with Crippen molar-refractivity contribution in [2.24, 2.45) is 17.6 Å². The quantitative estimate of drug-likeness (QED) is 0.585. The molecule has 1 rings (SSSR count). The van der Waals surface area contributed by atoms with Crippen molar-refractivity contribution in [2.75, 3.05) is 13.2 Å². The molecule has 0 spiro atoms. The van der Waals surface area contributed by atoms with E-state index in [2.05, 4.69) is 5.32 Å². The van der Waals surface area contributed by atoms with Gasteiger partial charge in [0.1, 0.15) is 6.04 Å². The van der Waals surface area contributed by atoms with Gasteiger partial charge in [-0.05, 0) is 26.7 Å². The molecule has 1 saturated carbocycles. The van der Waals surface area contributed by atoms with E-state index in [0.29, 0.717) is 0 Å². The van der Waals surface area contributed by atoms with E-state index in [-0.39, 0.29) is 31.5 Å². The normalized spacial score (nSPS) is 17.2. The van der Waals surface area contributed by atoms with Crippen LogP contribution in [-0.4, -0.2) is 43.0 Å². The average Bonchev–Trinajstić information content (AvgIpc) is 2.58. The van der Waals surface area contributed by atoms with Crippen molar-refractivity contribution >= 4 is 23.8 Å². The van der Waals surface area contributed by atoms with Crippen molar-refractivity contribution in [3.05, 3.63) is 0 Å². The van der Waals surface area contributed by atoms with Crippen LogP contribution in [0.4, 0.5) is 0 Å². The largest absolute Gasteiger partial charge is 0.466 e. The van der Waals surface area contributed by atoms with Gasteiger partial charge in [-0.25, -0.2) is 0 Å². The zero-order valence-corrected chi connectivity index (χ0v) is 14.9. The Bertz CT molecular complexity index is 488. The molecule has 3 N–H and O–H groups in total. The lowest BCUT2D eigenvalue weighted by Crippen LogP contribution is -2.53. The van der Waals surface area contributed by atoms with Crippen LogP contribution in [0.3, 0.4) is 0 Å². The molecule has 0 aromatic carbocycles. The van der Waals surface area contributed by atoms with Crippen LogP contribution in [0.1, 0.15) is 52.4 Å². The van der Waals surface area contributed by atoms with Gasteiger partial charge in [-0.15, -0.1) is 0 Å². The molecule has 0 radical (unpaired) electrons. The molecule has 0 saturated heterocycles. The molecule has 25 heavy (non-hydrogen) atoms. The highest BCUT2D eigenvalue weighted by molar-refractivity contribution is 5.93. The molecule has 2 amide bonds. The molecule has 1 fully saturated rings. The predicted octanol–water partition coefficient (Wildman–Crippen LogP) is 0.669. The summed E-state index contributed by atoms with van der Waals surface area (Å²) in [5.41, 5.74) is 5.39. The van der Waals surface area contributed by atoms with Gasteiger partial charge in [-0.2, -0.15) is 0 Å². The number of ether oxygens (including phenoxy) is 2. The number of esters is 2. The van der Waals surface area contributed by atoms with E-state index < -0.39 is 29.8 Å². The average molecular weight is 356 g/mol. The molecule has 0 aromatic heterocycles. The van der Waals surface area contributed by atoms with Crippen LogP contribution in [0.15, 0.2) is 0 Å². The minimum Gasteiger partial charge on any atom is -0.466 e. The lowest BCUT2D eigenvalue weighted by molar-refractivity contribution is -0.157. The zero-order chi connectivity index (χ0) is 18.8. The number of primary amides is 1. The van der Waals surface area contributed by atoms with Crippen LogP contribution < -0.4 is 11.1 Å². The highest BCUT2D eigenvalue weighted by atomic mass is 16.5. The van der Waals surface area contributed by atoms with E-state index in [4.69, 9.17) is 15.2 Å². The highest BCUT2D eigenvalue weighted by Gasteiger charge is 2.38.